The molecular formula is C41H46IrN4O10-2. The van der Waals surface area contributed by atoms with E-state index in [0.717, 1.165) is 22.5 Å². The van der Waals surface area contributed by atoms with Gasteiger partial charge in [-0.1, -0.05) is 37.4 Å². The Balaban J connectivity index is 0.000000472. The van der Waals surface area contributed by atoms with E-state index in [9.17, 15) is 19.2 Å². The number of carbonyl (C=O) groups excluding carboxylic acids is 4. The Morgan fingerprint density at radius 2 is 1.07 bits per heavy atom. The maximum absolute atomic E-state index is 11.6. The molecule has 2 aromatic heterocycles. The summed E-state index contributed by atoms with van der Waals surface area (Å²) in [4.78, 5) is 54.0. The number of hydrogen-bond donors (Lipinski definition) is 4. The van der Waals surface area contributed by atoms with E-state index in [1.165, 1.54) is 0 Å². The first-order valence-corrected chi connectivity index (χ1v) is 17.0. The van der Waals surface area contributed by atoms with Crippen molar-refractivity contribution in [1.29, 1.82) is 0 Å². The van der Waals surface area contributed by atoms with E-state index in [4.69, 9.17) is 29.2 Å². The first-order chi connectivity index (χ1) is 26.2. The van der Waals surface area contributed by atoms with Gasteiger partial charge in [0.05, 0.1) is 25.3 Å². The predicted molar refractivity (Wildman–Crippen MR) is 205 cm³/mol. The number of benzene rings is 2. The molecular weight excluding hydrogens is 901 g/mol. The molecule has 2 atom stereocenters. The van der Waals surface area contributed by atoms with Crippen LogP contribution in [0.15, 0.2) is 109 Å². The van der Waals surface area contributed by atoms with Gasteiger partial charge in [0.1, 0.15) is 13.2 Å². The van der Waals surface area contributed by atoms with Gasteiger partial charge in [0, 0.05) is 55.1 Å². The third kappa shape index (κ3) is 20.7. The first kappa shape index (κ1) is 48.3. The van der Waals surface area contributed by atoms with Crippen LogP contribution in [0.3, 0.4) is 0 Å². The average Bonchev–Trinajstić information content (AvgIpc) is 3.16. The third-order valence-corrected chi connectivity index (χ3v) is 6.46. The second-order valence-corrected chi connectivity index (χ2v) is 11.7. The second kappa shape index (κ2) is 26.9. The molecule has 0 bridgehead atoms. The number of carbonyl (C=O) groups is 4. The van der Waals surface area contributed by atoms with Crippen molar-refractivity contribution in [2.75, 3.05) is 26.3 Å². The molecule has 0 aliphatic carbocycles. The molecule has 2 amide bonds. The third-order valence-electron chi connectivity index (χ3n) is 6.46. The normalized spacial score (nSPS) is 10.8. The summed E-state index contributed by atoms with van der Waals surface area (Å²) in [5.41, 5.74) is 3.79. The molecule has 0 saturated heterocycles. The molecule has 2 unspecified atom stereocenters. The number of aromatic nitrogens is 2. The minimum absolute atomic E-state index is 0. The van der Waals surface area contributed by atoms with Gasteiger partial charge in [-0.15, -0.1) is 59.7 Å². The standard InChI is InChI=1S/2C18H17N2O4.C5H12O2.Ir/c2*1-13(2)17(21)23-12-11-20-18(22)24-15-8-6-14(7-9-15)16-5-3-4-10-19-16;1-4(6)3-5(2)7;/h2*3-6,8-10H,1,11-12H2,2H3,(H,20,22);4-7H,3H2,1-2H3;/q2*-1;;. The van der Waals surface area contributed by atoms with Crippen LogP contribution >= 0.6 is 0 Å². The largest absolute Gasteiger partial charge is 0.460 e. The minimum Gasteiger partial charge on any atom is -0.460 e. The summed E-state index contributed by atoms with van der Waals surface area (Å²) >= 11 is 0. The number of esters is 2. The molecule has 0 aliphatic heterocycles. The van der Waals surface area contributed by atoms with Crippen LogP contribution in [0.2, 0.25) is 0 Å². The van der Waals surface area contributed by atoms with Crippen molar-refractivity contribution in [2.45, 2.75) is 46.3 Å². The van der Waals surface area contributed by atoms with Crippen molar-refractivity contribution in [2.24, 2.45) is 0 Å². The van der Waals surface area contributed by atoms with Gasteiger partial charge in [0.2, 0.25) is 0 Å². The molecule has 2 heterocycles. The molecule has 2 aromatic carbocycles. The van der Waals surface area contributed by atoms with E-state index in [-0.39, 0.29) is 58.6 Å². The van der Waals surface area contributed by atoms with E-state index >= 15 is 0 Å². The van der Waals surface area contributed by atoms with Gasteiger partial charge >= 0.3 is 24.1 Å². The number of hydrogen-bond acceptors (Lipinski definition) is 12. The molecule has 0 saturated carbocycles. The van der Waals surface area contributed by atoms with E-state index < -0.39 is 24.1 Å². The topological polar surface area (TPSA) is 196 Å². The van der Waals surface area contributed by atoms with Gasteiger partial charge in [-0.3, -0.25) is 0 Å². The van der Waals surface area contributed by atoms with Crippen LogP contribution in [0.5, 0.6) is 11.5 Å². The number of rotatable bonds is 14. The monoisotopic (exact) mass is 947 g/mol. The van der Waals surface area contributed by atoms with Gasteiger partial charge in [-0.05, 0) is 57.6 Å². The molecule has 4 rings (SSSR count). The second-order valence-electron chi connectivity index (χ2n) is 11.7. The van der Waals surface area contributed by atoms with Gasteiger partial charge < -0.3 is 49.8 Å². The number of ether oxygens (including phenoxy) is 4. The summed E-state index contributed by atoms with van der Waals surface area (Å²) in [6.07, 6.45) is 1.84. The molecule has 14 nitrogen and oxygen atoms in total. The fourth-order valence-corrected chi connectivity index (χ4v) is 3.93. The van der Waals surface area contributed by atoms with Crippen molar-refractivity contribution in [3.63, 3.8) is 0 Å². The number of pyridine rings is 2. The Morgan fingerprint density at radius 1 is 0.679 bits per heavy atom. The quantitative estimate of drug-likeness (QED) is 0.0526. The van der Waals surface area contributed by atoms with E-state index in [1.54, 1.807) is 76.5 Å². The number of aliphatic hydroxyl groups is 2. The van der Waals surface area contributed by atoms with Crippen molar-refractivity contribution < 1.29 is 68.4 Å². The number of nitrogens with zero attached hydrogens (tertiary/aromatic N) is 2. The van der Waals surface area contributed by atoms with Gasteiger partial charge in [-0.2, -0.15) is 0 Å². The van der Waals surface area contributed by atoms with Crippen molar-refractivity contribution in [3.05, 3.63) is 122 Å². The fourth-order valence-electron chi connectivity index (χ4n) is 3.93. The number of amides is 2. The summed E-state index contributed by atoms with van der Waals surface area (Å²) in [6.45, 7) is 13.7. The summed E-state index contributed by atoms with van der Waals surface area (Å²) in [5.74, 6) is -0.285. The molecule has 0 aliphatic rings. The Labute approximate surface area is 340 Å². The summed E-state index contributed by atoms with van der Waals surface area (Å²) in [7, 11) is 0. The number of nitrogens with one attached hydrogen (secondary N) is 2. The summed E-state index contributed by atoms with van der Waals surface area (Å²) in [6, 6.07) is 27.1. The van der Waals surface area contributed by atoms with E-state index in [2.05, 4.69) is 45.9 Å². The molecule has 56 heavy (non-hydrogen) atoms. The van der Waals surface area contributed by atoms with Crippen LogP contribution in [0.1, 0.15) is 34.1 Å². The zero-order valence-electron chi connectivity index (χ0n) is 31.6. The molecule has 4 aromatic rings. The maximum Gasteiger partial charge on any atom is 0.403 e. The Morgan fingerprint density at radius 3 is 1.34 bits per heavy atom. The molecule has 0 spiro atoms. The molecule has 1 radical (unpaired) electrons. The summed E-state index contributed by atoms with van der Waals surface area (Å²) < 4.78 is 19.9. The van der Waals surface area contributed by atoms with Crippen LogP contribution in [0.4, 0.5) is 9.59 Å². The SMILES string of the molecule is C=C(C)C(=O)OCCNC(=O)Oc1c[c-]c(-c2ccccn2)cc1.C=C(C)C(=O)OCCNC(=O)Oc1c[c-]c(-c2ccccn2)cc1.CC(O)CC(C)O.[Ir]. The molecule has 15 heteroatoms. The molecule has 0 fully saturated rings. The maximum atomic E-state index is 11.6. The zero-order chi connectivity index (χ0) is 40.6. The van der Waals surface area contributed by atoms with Crippen LogP contribution in [-0.2, 0) is 39.2 Å². The zero-order valence-corrected chi connectivity index (χ0v) is 34.0. The minimum atomic E-state index is -0.639. The van der Waals surface area contributed by atoms with Crippen LogP contribution in [0, 0.1) is 12.1 Å². The van der Waals surface area contributed by atoms with E-state index in [0.29, 0.717) is 29.1 Å². The van der Waals surface area contributed by atoms with Crippen molar-refractivity contribution >= 4 is 24.1 Å². The fraction of sp³-hybridized carbons (Fsp3) is 0.268. The Bertz CT molecular complexity index is 1670. The Kier molecular flexibility index (Phi) is 23.2. The summed E-state index contributed by atoms with van der Waals surface area (Å²) in [5, 5.41) is 22.1. The van der Waals surface area contributed by atoms with Crippen LogP contribution in [0.25, 0.3) is 22.5 Å². The first-order valence-electron chi connectivity index (χ1n) is 17.0. The molecule has 301 valence electrons. The smallest absolute Gasteiger partial charge is 0.403 e. The number of aliphatic hydroxyl groups excluding tert-OH is 2. The van der Waals surface area contributed by atoms with Gasteiger partial charge in [0.25, 0.3) is 0 Å². The predicted octanol–water partition coefficient (Wildman–Crippen LogP) is 5.65. The van der Waals surface area contributed by atoms with Gasteiger partial charge in [0.15, 0.2) is 0 Å². The molecule has 4 N–H and O–H groups in total. The van der Waals surface area contributed by atoms with Crippen LogP contribution in [-0.4, -0.2) is 82.8 Å². The van der Waals surface area contributed by atoms with Gasteiger partial charge in [-0.25, -0.2) is 19.2 Å². The Hall–Kier alpha value is -5.73. The van der Waals surface area contributed by atoms with Crippen molar-refractivity contribution in [3.8, 4) is 34.0 Å². The van der Waals surface area contributed by atoms with E-state index in [1.807, 2.05) is 36.4 Å². The van der Waals surface area contributed by atoms with Crippen LogP contribution < -0.4 is 20.1 Å². The van der Waals surface area contributed by atoms with Crippen molar-refractivity contribution in [1.82, 2.24) is 20.6 Å². The average molecular weight is 947 g/mol.